The van der Waals surface area contributed by atoms with Crippen LogP contribution in [0.3, 0.4) is 0 Å². The molecule has 2 rings (SSSR count). The van der Waals surface area contributed by atoms with E-state index in [9.17, 15) is 14.4 Å². The molecule has 0 saturated carbocycles. The van der Waals surface area contributed by atoms with Crippen molar-refractivity contribution in [3.05, 3.63) is 24.3 Å². The van der Waals surface area contributed by atoms with Gasteiger partial charge in [-0.1, -0.05) is 20.3 Å². The number of carbonyl (C=O) groups excluding carboxylic acids is 3. The van der Waals surface area contributed by atoms with Crippen molar-refractivity contribution in [1.82, 2.24) is 4.90 Å². The highest BCUT2D eigenvalue weighted by atomic mass is 16.5. The molecule has 1 aromatic rings. The van der Waals surface area contributed by atoms with Crippen LogP contribution in [0.4, 0.5) is 5.69 Å². The number of amides is 3. The molecule has 1 aliphatic heterocycles. The summed E-state index contributed by atoms with van der Waals surface area (Å²) in [6.45, 7) is 6.60. The maximum atomic E-state index is 12.8. The van der Waals surface area contributed by atoms with Gasteiger partial charge in [0, 0.05) is 13.5 Å². The number of rotatable bonds is 8. The van der Waals surface area contributed by atoms with Gasteiger partial charge >= 0.3 is 0 Å². The first kappa shape index (κ1) is 19.0. The largest absolute Gasteiger partial charge is 0.494 e. The van der Waals surface area contributed by atoms with Crippen molar-refractivity contribution >= 4 is 23.4 Å². The second kappa shape index (κ2) is 8.65. The normalized spacial score (nSPS) is 17.1. The molecular weight excluding hydrogens is 320 g/mol. The smallest absolute Gasteiger partial charge is 0.257 e. The first-order valence-corrected chi connectivity index (χ1v) is 8.86. The van der Waals surface area contributed by atoms with Gasteiger partial charge in [-0.25, -0.2) is 4.90 Å². The van der Waals surface area contributed by atoms with Crippen molar-refractivity contribution in [1.29, 1.82) is 0 Å². The Labute approximate surface area is 148 Å². The lowest BCUT2D eigenvalue weighted by Crippen LogP contribution is -2.45. The molecule has 0 spiro atoms. The average molecular weight is 346 g/mol. The van der Waals surface area contributed by atoms with E-state index < -0.39 is 6.04 Å². The van der Waals surface area contributed by atoms with E-state index in [1.807, 2.05) is 13.8 Å². The first-order valence-electron chi connectivity index (χ1n) is 8.86. The maximum Gasteiger partial charge on any atom is 0.257 e. The van der Waals surface area contributed by atoms with Crippen LogP contribution in [0.15, 0.2) is 24.3 Å². The van der Waals surface area contributed by atoms with E-state index in [0.29, 0.717) is 24.6 Å². The highest BCUT2D eigenvalue weighted by molar-refractivity contribution is 6.23. The van der Waals surface area contributed by atoms with Crippen molar-refractivity contribution in [3.63, 3.8) is 0 Å². The summed E-state index contributed by atoms with van der Waals surface area (Å²) in [6.07, 6.45) is 2.67. The fourth-order valence-electron chi connectivity index (χ4n) is 2.90. The molecule has 0 unspecified atom stereocenters. The molecule has 3 amide bonds. The number of unbranched alkanes of at least 4 members (excludes halogenated alkanes) is 1. The van der Waals surface area contributed by atoms with Crippen molar-refractivity contribution in [2.24, 2.45) is 0 Å². The highest BCUT2D eigenvalue weighted by Gasteiger charge is 2.43. The number of hydrogen-bond acceptors (Lipinski definition) is 4. The third-order valence-electron chi connectivity index (χ3n) is 4.22. The Morgan fingerprint density at radius 2 is 1.88 bits per heavy atom. The summed E-state index contributed by atoms with van der Waals surface area (Å²) in [5.41, 5.74) is 0.514. The third kappa shape index (κ3) is 4.38. The zero-order valence-electron chi connectivity index (χ0n) is 15.2. The molecule has 1 aromatic carbocycles. The van der Waals surface area contributed by atoms with Gasteiger partial charge in [-0.2, -0.15) is 0 Å². The molecule has 0 radical (unpaired) electrons. The number of ether oxygens (including phenoxy) is 1. The highest BCUT2D eigenvalue weighted by Crippen LogP contribution is 2.27. The van der Waals surface area contributed by atoms with Gasteiger partial charge in [0.25, 0.3) is 5.91 Å². The first-order chi connectivity index (χ1) is 12.0. The lowest BCUT2D eigenvalue weighted by atomic mass is 10.2. The molecule has 1 aliphatic rings. The summed E-state index contributed by atoms with van der Waals surface area (Å²) in [4.78, 5) is 39.7. The van der Waals surface area contributed by atoms with Crippen LogP contribution in [0.5, 0.6) is 5.75 Å². The predicted octanol–water partition coefficient (Wildman–Crippen LogP) is 2.76. The lowest BCUT2D eigenvalue weighted by Gasteiger charge is -2.26. The Morgan fingerprint density at radius 3 is 2.44 bits per heavy atom. The van der Waals surface area contributed by atoms with Crippen molar-refractivity contribution in [3.8, 4) is 5.75 Å². The van der Waals surface area contributed by atoms with Crippen LogP contribution in [-0.2, 0) is 14.4 Å². The van der Waals surface area contributed by atoms with Gasteiger partial charge in [0.2, 0.25) is 11.8 Å². The number of nitrogens with zero attached hydrogens (tertiary/aromatic N) is 2. The zero-order valence-corrected chi connectivity index (χ0v) is 15.2. The van der Waals surface area contributed by atoms with Crippen molar-refractivity contribution < 1.29 is 19.1 Å². The summed E-state index contributed by atoms with van der Waals surface area (Å²) in [7, 11) is 0. The molecular formula is C19H26N2O4. The van der Waals surface area contributed by atoms with E-state index in [2.05, 4.69) is 0 Å². The van der Waals surface area contributed by atoms with Crippen LogP contribution < -0.4 is 9.64 Å². The van der Waals surface area contributed by atoms with Crippen molar-refractivity contribution in [2.75, 3.05) is 18.1 Å². The Bertz CT molecular complexity index is 627. The van der Waals surface area contributed by atoms with Gasteiger partial charge in [-0.05, 0) is 37.1 Å². The summed E-state index contributed by atoms with van der Waals surface area (Å²) < 4.78 is 5.52. The molecule has 1 heterocycles. The van der Waals surface area contributed by atoms with E-state index >= 15 is 0 Å². The van der Waals surface area contributed by atoms with E-state index in [0.717, 1.165) is 19.3 Å². The summed E-state index contributed by atoms with van der Waals surface area (Å²) in [6, 6.07) is 6.20. The second-order valence-electron chi connectivity index (χ2n) is 6.20. The number of imide groups is 1. The molecule has 0 N–H and O–H groups in total. The second-order valence-corrected chi connectivity index (χ2v) is 6.20. The molecule has 6 nitrogen and oxygen atoms in total. The van der Waals surface area contributed by atoms with E-state index in [1.165, 1.54) is 16.7 Å². The van der Waals surface area contributed by atoms with E-state index in [4.69, 9.17) is 4.74 Å². The minimum absolute atomic E-state index is 0.0379. The summed E-state index contributed by atoms with van der Waals surface area (Å²) in [5.74, 6) is -0.0854. The van der Waals surface area contributed by atoms with Gasteiger partial charge < -0.3 is 9.64 Å². The SMILES string of the molecule is CCCCN(C(C)=O)[C@@H]1CC(=O)N(c2ccc(OCCC)cc2)C1=O. The van der Waals surface area contributed by atoms with Gasteiger partial charge in [0.15, 0.2) is 0 Å². The van der Waals surface area contributed by atoms with E-state index in [-0.39, 0.29) is 24.1 Å². The predicted molar refractivity (Wildman–Crippen MR) is 95.4 cm³/mol. The molecule has 25 heavy (non-hydrogen) atoms. The average Bonchev–Trinajstić information content (AvgIpc) is 2.88. The van der Waals surface area contributed by atoms with Crippen LogP contribution in [0.1, 0.15) is 46.5 Å². The van der Waals surface area contributed by atoms with E-state index in [1.54, 1.807) is 24.3 Å². The summed E-state index contributed by atoms with van der Waals surface area (Å²) >= 11 is 0. The van der Waals surface area contributed by atoms with Crippen LogP contribution in [-0.4, -0.2) is 41.8 Å². The fraction of sp³-hybridized carbons (Fsp3) is 0.526. The number of benzene rings is 1. The molecule has 6 heteroatoms. The Morgan fingerprint density at radius 1 is 1.20 bits per heavy atom. The van der Waals surface area contributed by atoms with Crippen LogP contribution in [0.25, 0.3) is 0 Å². The van der Waals surface area contributed by atoms with Crippen LogP contribution >= 0.6 is 0 Å². The topological polar surface area (TPSA) is 66.9 Å². The molecule has 1 saturated heterocycles. The molecule has 1 atom stereocenters. The minimum atomic E-state index is -0.701. The molecule has 136 valence electrons. The van der Waals surface area contributed by atoms with Gasteiger partial charge in [-0.3, -0.25) is 14.4 Å². The number of anilines is 1. The van der Waals surface area contributed by atoms with Gasteiger partial charge in [0.05, 0.1) is 18.7 Å². The standard InChI is InChI=1S/C19H26N2O4/c1-4-6-11-20(14(3)22)17-13-18(23)21(19(17)24)15-7-9-16(10-8-15)25-12-5-2/h7-10,17H,4-6,11-13H2,1-3H3/t17-/m1/s1. The van der Waals surface area contributed by atoms with Crippen LogP contribution in [0, 0.1) is 0 Å². The zero-order chi connectivity index (χ0) is 18.4. The monoisotopic (exact) mass is 346 g/mol. The summed E-state index contributed by atoms with van der Waals surface area (Å²) in [5, 5.41) is 0. The van der Waals surface area contributed by atoms with Gasteiger partial charge in [0.1, 0.15) is 11.8 Å². The van der Waals surface area contributed by atoms with Crippen LogP contribution in [0.2, 0.25) is 0 Å². The fourth-order valence-corrected chi connectivity index (χ4v) is 2.90. The minimum Gasteiger partial charge on any atom is -0.494 e. The van der Waals surface area contributed by atoms with Gasteiger partial charge in [-0.15, -0.1) is 0 Å². The Hall–Kier alpha value is -2.37. The van der Waals surface area contributed by atoms with Crippen molar-refractivity contribution in [2.45, 2.75) is 52.5 Å². The Kier molecular flexibility index (Phi) is 6.56. The third-order valence-corrected chi connectivity index (χ3v) is 4.22. The molecule has 0 bridgehead atoms. The molecule has 1 fully saturated rings. The Balaban J connectivity index is 2.15. The quantitative estimate of drug-likeness (QED) is 0.679. The maximum absolute atomic E-state index is 12.8. The number of carbonyl (C=O) groups is 3. The number of hydrogen-bond donors (Lipinski definition) is 0. The lowest BCUT2D eigenvalue weighted by molar-refractivity contribution is -0.136. The molecule has 0 aliphatic carbocycles. The molecule has 0 aromatic heterocycles.